The molecule has 0 spiro atoms. The quantitative estimate of drug-likeness (QED) is 0.488. The van der Waals surface area contributed by atoms with E-state index in [1.165, 1.54) is 24.2 Å². The van der Waals surface area contributed by atoms with E-state index in [-0.39, 0.29) is 5.82 Å². The molecule has 0 amide bonds. The van der Waals surface area contributed by atoms with Gasteiger partial charge < -0.3 is 21.1 Å². The Morgan fingerprint density at radius 1 is 1.18 bits per heavy atom. The molecule has 34 heavy (non-hydrogen) atoms. The lowest BCUT2D eigenvalue weighted by Crippen LogP contribution is -2.36. The maximum absolute atomic E-state index is 15.1. The maximum Gasteiger partial charge on any atom is 0.132 e. The van der Waals surface area contributed by atoms with Gasteiger partial charge in [0.1, 0.15) is 12.1 Å². The van der Waals surface area contributed by atoms with E-state index < -0.39 is 6.04 Å². The molecule has 4 rings (SSSR count). The summed E-state index contributed by atoms with van der Waals surface area (Å²) in [6, 6.07) is 10.6. The number of halogens is 1. The minimum atomic E-state index is -0.424. The third kappa shape index (κ3) is 4.95. The Morgan fingerprint density at radius 3 is 2.71 bits per heavy atom. The van der Waals surface area contributed by atoms with Crippen LogP contribution in [0.4, 0.5) is 10.1 Å². The summed E-state index contributed by atoms with van der Waals surface area (Å²) >= 11 is 0. The van der Waals surface area contributed by atoms with Gasteiger partial charge in [0.15, 0.2) is 0 Å². The van der Waals surface area contributed by atoms with Crippen LogP contribution in [0.2, 0.25) is 0 Å². The van der Waals surface area contributed by atoms with Crippen LogP contribution in [-0.4, -0.2) is 36.3 Å². The van der Waals surface area contributed by atoms with Crippen LogP contribution in [0.5, 0.6) is 0 Å². The number of allylic oxidation sites excluding steroid dienone is 1. The molecule has 3 aromatic rings. The summed E-state index contributed by atoms with van der Waals surface area (Å²) < 4.78 is 20.5. The van der Waals surface area contributed by atoms with Crippen LogP contribution in [0.3, 0.4) is 0 Å². The summed E-state index contributed by atoms with van der Waals surface area (Å²) in [6.45, 7) is 7.27. The molecule has 0 bridgehead atoms. The molecule has 2 heterocycles. The van der Waals surface area contributed by atoms with E-state index in [1.807, 2.05) is 24.3 Å². The number of rotatable bonds is 7. The first kappa shape index (κ1) is 23.9. The van der Waals surface area contributed by atoms with Gasteiger partial charge in [0, 0.05) is 29.7 Å². The van der Waals surface area contributed by atoms with Crippen LogP contribution in [-0.2, 0) is 4.74 Å². The number of morpholine rings is 1. The SMILES string of the molecule is CCC/C(C)=C(\C=C/N)C(N)c1ccc(F)c(-c2ncnc3cc(N4CCOCC4)ccc23)c1. The van der Waals surface area contributed by atoms with Gasteiger partial charge in [0.05, 0.1) is 30.5 Å². The van der Waals surface area contributed by atoms with Crippen molar-refractivity contribution >= 4 is 16.6 Å². The number of aromatic nitrogens is 2. The molecule has 1 fully saturated rings. The molecule has 6 nitrogen and oxygen atoms in total. The van der Waals surface area contributed by atoms with Crippen LogP contribution in [0.1, 0.15) is 38.3 Å². The van der Waals surface area contributed by atoms with Gasteiger partial charge >= 0.3 is 0 Å². The zero-order chi connectivity index (χ0) is 24.1. The topological polar surface area (TPSA) is 90.3 Å². The lowest BCUT2D eigenvalue weighted by atomic mass is 9.92. The van der Waals surface area contributed by atoms with Crippen molar-refractivity contribution in [2.45, 2.75) is 32.7 Å². The minimum Gasteiger partial charge on any atom is -0.405 e. The molecule has 178 valence electrons. The van der Waals surface area contributed by atoms with Crippen molar-refractivity contribution in [3.8, 4) is 11.3 Å². The first-order valence-corrected chi connectivity index (χ1v) is 11.7. The lowest BCUT2D eigenvalue weighted by molar-refractivity contribution is 0.122. The number of fused-ring (bicyclic) bond motifs is 1. The zero-order valence-electron chi connectivity index (χ0n) is 19.8. The third-order valence-electron chi connectivity index (χ3n) is 6.33. The van der Waals surface area contributed by atoms with Crippen molar-refractivity contribution in [3.05, 3.63) is 77.5 Å². The lowest BCUT2D eigenvalue weighted by Gasteiger charge is -2.29. The normalized spacial score (nSPS) is 16.2. The number of anilines is 1. The molecule has 1 aromatic heterocycles. The highest BCUT2D eigenvalue weighted by Gasteiger charge is 2.18. The summed E-state index contributed by atoms with van der Waals surface area (Å²) in [5.41, 5.74) is 18.1. The van der Waals surface area contributed by atoms with Gasteiger partial charge in [-0.05, 0) is 67.1 Å². The number of hydrogen-bond donors (Lipinski definition) is 2. The van der Waals surface area contributed by atoms with E-state index in [0.29, 0.717) is 24.5 Å². The molecule has 1 unspecified atom stereocenters. The van der Waals surface area contributed by atoms with Gasteiger partial charge in [0.2, 0.25) is 0 Å². The molecule has 4 N–H and O–H groups in total. The molecule has 0 saturated carbocycles. The van der Waals surface area contributed by atoms with Crippen molar-refractivity contribution in [2.75, 3.05) is 31.2 Å². The molecule has 1 atom stereocenters. The van der Waals surface area contributed by atoms with E-state index in [0.717, 1.165) is 53.7 Å². The Labute approximate surface area is 200 Å². The van der Waals surface area contributed by atoms with Crippen molar-refractivity contribution in [2.24, 2.45) is 11.5 Å². The predicted octanol–water partition coefficient (Wildman–Crippen LogP) is 4.86. The van der Waals surface area contributed by atoms with Crippen molar-refractivity contribution in [1.82, 2.24) is 9.97 Å². The van der Waals surface area contributed by atoms with Crippen LogP contribution >= 0.6 is 0 Å². The third-order valence-corrected chi connectivity index (χ3v) is 6.33. The Bertz CT molecular complexity index is 1220. The molecular formula is C27H32FN5O. The van der Waals surface area contributed by atoms with Crippen LogP contribution in [0.25, 0.3) is 22.2 Å². The monoisotopic (exact) mass is 461 g/mol. The van der Waals surface area contributed by atoms with E-state index in [2.05, 4.69) is 28.7 Å². The van der Waals surface area contributed by atoms with Gasteiger partial charge in [-0.25, -0.2) is 14.4 Å². The van der Waals surface area contributed by atoms with Crippen molar-refractivity contribution in [1.29, 1.82) is 0 Å². The van der Waals surface area contributed by atoms with Crippen molar-refractivity contribution in [3.63, 3.8) is 0 Å². The number of hydrogen-bond acceptors (Lipinski definition) is 6. The number of ether oxygens (including phenoxy) is 1. The first-order valence-electron chi connectivity index (χ1n) is 11.7. The predicted molar refractivity (Wildman–Crippen MR) is 136 cm³/mol. The molecule has 1 saturated heterocycles. The van der Waals surface area contributed by atoms with E-state index in [1.54, 1.807) is 12.1 Å². The molecule has 1 aliphatic rings. The molecule has 0 aliphatic carbocycles. The number of nitrogens with zero attached hydrogens (tertiary/aromatic N) is 3. The summed E-state index contributed by atoms with van der Waals surface area (Å²) in [4.78, 5) is 11.2. The molecule has 2 aromatic carbocycles. The van der Waals surface area contributed by atoms with Gasteiger partial charge in [-0.1, -0.05) is 25.0 Å². The highest BCUT2D eigenvalue weighted by molar-refractivity contribution is 5.94. The Hall–Kier alpha value is -3.29. The molecule has 1 aliphatic heterocycles. The standard InChI is InChI=1S/C27H32FN5O/c1-3-4-18(2)21(9-10-29)26(30)19-5-8-24(28)23(15-19)27-22-7-6-20(16-25(22)31-17-32-27)33-11-13-34-14-12-33/h5-10,15-17,26H,3-4,11-14,29-30H2,1-2H3/b10-9-,21-18+. The average Bonchev–Trinajstić information content (AvgIpc) is 2.87. The molecule has 0 radical (unpaired) electrons. The fraction of sp³-hybridized carbons (Fsp3) is 0.333. The van der Waals surface area contributed by atoms with Crippen LogP contribution in [0.15, 0.2) is 66.1 Å². The fourth-order valence-corrected chi connectivity index (χ4v) is 4.51. The molecular weight excluding hydrogens is 429 g/mol. The maximum atomic E-state index is 15.1. The van der Waals surface area contributed by atoms with Gasteiger partial charge in [-0.3, -0.25) is 0 Å². The van der Waals surface area contributed by atoms with Gasteiger partial charge in [-0.2, -0.15) is 0 Å². The van der Waals surface area contributed by atoms with E-state index >= 15 is 4.39 Å². The zero-order valence-corrected chi connectivity index (χ0v) is 19.8. The highest BCUT2D eigenvalue weighted by atomic mass is 19.1. The summed E-state index contributed by atoms with van der Waals surface area (Å²) in [5, 5.41) is 0.795. The highest BCUT2D eigenvalue weighted by Crippen LogP contribution is 2.33. The number of nitrogens with two attached hydrogens (primary N) is 2. The van der Waals surface area contributed by atoms with Crippen molar-refractivity contribution < 1.29 is 9.13 Å². The summed E-state index contributed by atoms with van der Waals surface area (Å²) in [5.74, 6) is -0.349. The Morgan fingerprint density at radius 2 is 1.97 bits per heavy atom. The smallest absolute Gasteiger partial charge is 0.132 e. The molecule has 7 heteroatoms. The van der Waals surface area contributed by atoms with Crippen LogP contribution in [0, 0.1) is 5.82 Å². The van der Waals surface area contributed by atoms with E-state index in [9.17, 15) is 0 Å². The van der Waals surface area contributed by atoms with Gasteiger partial charge in [-0.15, -0.1) is 0 Å². The Balaban J connectivity index is 1.75. The fourth-order valence-electron chi connectivity index (χ4n) is 4.51. The number of benzene rings is 2. The summed E-state index contributed by atoms with van der Waals surface area (Å²) in [7, 11) is 0. The first-order chi connectivity index (χ1) is 16.5. The van der Waals surface area contributed by atoms with Crippen LogP contribution < -0.4 is 16.4 Å². The second kappa shape index (κ2) is 10.8. The van der Waals surface area contributed by atoms with Gasteiger partial charge in [0.25, 0.3) is 0 Å². The Kier molecular flexibility index (Phi) is 7.55. The minimum absolute atomic E-state index is 0.349. The van der Waals surface area contributed by atoms with E-state index in [4.69, 9.17) is 16.2 Å². The second-order valence-corrected chi connectivity index (χ2v) is 8.58. The second-order valence-electron chi connectivity index (χ2n) is 8.58. The largest absolute Gasteiger partial charge is 0.405 e. The summed E-state index contributed by atoms with van der Waals surface area (Å²) in [6.07, 6.45) is 6.76. The average molecular weight is 462 g/mol.